The van der Waals surface area contributed by atoms with Crippen molar-refractivity contribution in [2.45, 2.75) is 19.6 Å². The minimum Gasteiger partial charge on any atom is -0.488 e. The molecule has 3 nitrogen and oxygen atoms in total. The van der Waals surface area contributed by atoms with Crippen LogP contribution in [-0.2, 0) is 11.3 Å². The molecular formula is C12H18FNO2. The van der Waals surface area contributed by atoms with E-state index < -0.39 is 0 Å². The van der Waals surface area contributed by atoms with Crippen molar-refractivity contribution < 1.29 is 13.9 Å². The zero-order valence-corrected chi connectivity index (χ0v) is 9.92. The Morgan fingerprint density at radius 2 is 2.12 bits per heavy atom. The van der Waals surface area contributed by atoms with Gasteiger partial charge in [-0.2, -0.15) is 0 Å². The first kappa shape index (κ1) is 12.9. The van der Waals surface area contributed by atoms with Crippen LogP contribution in [0.15, 0.2) is 18.2 Å². The fraction of sp³-hybridized carbons (Fsp3) is 0.500. The van der Waals surface area contributed by atoms with E-state index in [1.54, 1.807) is 7.11 Å². The number of hydrogen-bond acceptors (Lipinski definition) is 3. The van der Waals surface area contributed by atoms with Gasteiger partial charge in [0.25, 0.3) is 0 Å². The second kappa shape index (κ2) is 6.45. The molecule has 0 amide bonds. The summed E-state index contributed by atoms with van der Waals surface area (Å²) in [5.74, 6) is 0.252. The molecule has 0 aliphatic heterocycles. The lowest BCUT2D eigenvalue weighted by molar-refractivity contribution is 0.0918. The van der Waals surface area contributed by atoms with Gasteiger partial charge in [-0.15, -0.1) is 0 Å². The topological polar surface area (TPSA) is 30.5 Å². The maximum absolute atomic E-state index is 13.2. The van der Waals surface area contributed by atoms with Gasteiger partial charge >= 0.3 is 0 Å². The minimum atomic E-state index is -0.285. The van der Waals surface area contributed by atoms with Crippen LogP contribution in [0.2, 0.25) is 0 Å². The van der Waals surface area contributed by atoms with Gasteiger partial charge in [0.15, 0.2) is 0 Å². The average molecular weight is 227 g/mol. The first-order chi connectivity index (χ1) is 7.65. The highest BCUT2D eigenvalue weighted by Crippen LogP contribution is 2.17. The van der Waals surface area contributed by atoms with Crippen LogP contribution in [0.5, 0.6) is 5.75 Å². The molecule has 0 bridgehead atoms. The van der Waals surface area contributed by atoms with Gasteiger partial charge in [-0.05, 0) is 31.7 Å². The van der Waals surface area contributed by atoms with Crippen LogP contribution in [0, 0.1) is 5.82 Å². The fourth-order valence-corrected chi connectivity index (χ4v) is 1.50. The molecule has 0 radical (unpaired) electrons. The monoisotopic (exact) mass is 227 g/mol. The Balaban J connectivity index is 2.71. The van der Waals surface area contributed by atoms with Crippen LogP contribution in [0.3, 0.4) is 0 Å². The number of benzene rings is 1. The molecule has 0 aromatic heterocycles. The van der Waals surface area contributed by atoms with E-state index in [2.05, 4.69) is 5.32 Å². The smallest absolute Gasteiger partial charge is 0.127 e. The zero-order chi connectivity index (χ0) is 12.0. The molecule has 1 unspecified atom stereocenters. The van der Waals surface area contributed by atoms with Crippen molar-refractivity contribution in [2.75, 3.05) is 20.8 Å². The number of halogens is 1. The fourth-order valence-electron chi connectivity index (χ4n) is 1.50. The molecule has 0 heterocycles. The summed E-state index contributed by atoms with van der Waals surface area (Å²) in [6, 6.07) is 4.70. The molecule has 1 atom stereocenters. The zero-order valence-electron chi connectivity index (χ0n) is 9.92. The highest BCUT2D eigenvalue weighted by Gasteiger charge is 2.06. The van der Waals surface area contributed by atoms with Gasteiger partial charge in [0, 0.05) is 19.7 Å². The predicted molar refractivity (Wildman–Crippen MR) is 61.1 cm³/mol. The highest BCUT2D eigenvalue weighted by atomic mass is 19.1. The van der Waals surface area contributed by atoms with Crippen LogP contribution in [-0.4, -0.2) is 26.9 Å². The Morgan fingerprint density at radius 1 is 1.38 bits per heavy atom. The molecule has 0 fully saturated rings. The largest absolute Gasteiger partial charge is 0.488 e. The molecule has 4 heteroatoms. The second-order valence-electron chi connectivity index (χ2n) is 3.71. The SMILES string of the molecule is CNCc1cc(F)cc(OC(C)COC)c1. The highest BCUT2D eigenvalue weighted by molar-refractivity contribution is 5.29. The van der Waals surface area contributed by atoms with E-state index in [4.69, 9.17) is 9.47 Å². The van der Waals surface area contributed by atoms with E-state index in [1.807, 2.05) is 20.0 Å². The van der Waals surface area contributed by atoms with Crippen LogP contribution in [0.25, 0.3) is 0 Å². The minimum absolute atomic E-state index is 0.0887. The third-order valence-corrected chi connectivity index (χ3v) is 2.05. The Labute approximate surface area is 95.6 Å². The van der Waals surface area contributed by atoms with E-state index in [0.29, 0.717) is 18.9 Å². The number of nitrogens with one attached hydrogen (secondary N) is 1. The molecule has 0 spiro atoms. The standard InChI is InChI=1S/C12H18FNO2/c1-9(8-15-3)16-12-5-10(7-14-2)4-11(13)6-12/h4-6,9,14H,7-8H2,1-3H3. The van der Waals surface area contributed by atoms with E-state index >= 15 is 0 Å². The van der Waals surface area contributed by atoms with Gasteiger partial charge in [-0.3, -0.25) is 0 Å². The van der Waals surface area contributed by atoms with Gasteiger partial charge in [0.1, 0.15) is 17.7 Å². The Kier molecular flexibility index (Phi) is 5.22. The molecular weight excluding hydrogens is 209 g/mol. The van der Waals surface area contributed by atoms with Crippen molar-refractivity contribution in [3.05, 3.63) is 29.6 Å². The summed E-state index contributed by atoms with van der Waals surface area (Å²) < 4.78 is 23.7. The number of methoxy groups -OCH3 is 1. The molecule has 0 aliphatic carbocycles. The summed E-state index contributed by atoms with van der Waals surface area (Å²) in [5, 5.41) is 2.97. The Bertz CT molecular complexity index is 331. The van der Waals surface area contributed by atoms with Crippen molar-refractivity contribution >= 4 is 0 Å². The third-order valence-electron chi connectivity index (χ3n) is 2.05. The number of rotatable bonds is 6. The van der Waals surface area contributed by atoms with Crippen molar-refractivity contribution in [3.8, 4) is 5.75 Å². The normalized spacial score (nSPS) is 12.5. The van der Waals surface area contributed by atoms with Crippen LogP contribution in [0.1, 0.15) is 12.5 Å². The lowest BCUT2D eigenvalue weighted by Crippen LogP contribution is -2.18. The number of ether oxygens (including phenoxy) is 2. The van der Waals surface area contributed by atoms with Crippen LogP contribution in [0.4, 0.5) is 4.39 Å². The van der Waals surface area contributed by atoms with Crippen molar-refractivity contribution in [3.63, 3.8) is 0 Å². The lowest BCUT2D eigenvalue weighted by Gasteiger charge is -2.14. The molecule has 1 N–H and O–H groups in total. The van der Waals surface area contributed by atoms with E-state index in [9.17, 15) is 4.39 Å². The summed E-state index contributed by atoms with van der Waals surface area (Å²) in [6.45, 7) is 2.98. The van der Waals surface area contributed by atoms with Crippen molar-refractivity contribution in [1.82, 2.24) is 5.32 Å². The van der Waals surface area contributed by atoms with Gasteiger partial charge in [0.05, 0.1) is 6.61 Å². The predicted octanol–water partition coefficient (Wildman–Crippen LogP) is 1.96. The van der Waals surface area contributed by atoms with Crippen molar-refractivity contribution in [2.24, 2.45) is 0 Å². The van der Waals surface area contributed by atoms with E-state index in [0.717, 1.165) is 5.56 Å². The molecule has 1 aromatic carbocycles. The Morgan fingerprint density at radius 3 is 2.75 bits per heavy atom. The third kappa shape index (κ3) is 4.16. The van der Waals surface area contributed by atoms with E-state index in [1.165, 1.54) is 12.1 Å². The lowest BCUT2D eigenvalue weighted by atomic mass is 10.2. The number of hydrogen-bond donors (Lipinski definition) is 1. The van der Waals surface area contributed by atoms with E-state index in [-0.39, 0.29) is 11.9 Å². The van der Waals surface area contributed by atoms with Gasteiger partial charge in [-0.1, -0.05) is 0 Å². The molecule has 16 heavy (non-hydrogen) atoms. The molecule has 0 saturated carbocycles. The summed E-state index contributed by atoms with van der Waals surface area (Å²) in [5.41, 5.74) is 0.863. The van der Waals surface area contributed by atoms with Crippen LogP contribution >= 0.6 is 0 Å². The molecule has 0 aliphatic rings. The summed E-state index contributed by atoms with van der Waals surface area (Å²) in [4.78, 5) is 0. The quantitative estimate of drug-likeness (QED) is 0.805. The first-order valence-corrected chi connectivity index (χ1v) is 5.25. The maximum Gasteiger partial charge on any atom is 0.127 e. The summed E-state index contributed by atoms with van der Waals surface area (Å²) >= 11 is 0. The molecule has 1 rings (SSSR count). The first-order valence-electron chi connectivity index (χ1n) is 5.25. The van der Waals surface area contributed by atoms with Crippen LogP contribution < -0.4 is 10.1 Å². The molecule has 90 valence electrons. The average Bonchev–Trinajstić information content (AvgIpc) is 2.17. The summed E-state index contributed by atoms with van der Waals surface area (Å²) in [6.07, 6.45) is -0.0887. The molecule has 0 saturated heterocycles. The molecule has 1 aromatic rings. The van der Waals surface area contributed by atoms with Crippen molar-refractivity contribution in [1.29, 1.82) is 0 Å². The summed E-state index contributed by atoms with van der Waals surface area (Å²) in [7, 11) is 3.43. The van der Waals surface area contributed by atoms with Gasteiger partial charge in [0.2, 0.25) is 0 Å². The Hall–Kier alpha value is -1.13. The second-order valence-corrected chi connectivity index (χ2v) is 3.71. The van der Waals surface area contributed by atoms with Gasteiger partial charge < -0.3 is 14.8 Å². The maximum atomic E-state index is 13.2. The van der Waals surface area contributed by atoms with Gasteiger partial charge in [-0.25, -0.2) is 4.39 Å².